The van der Waals surface area contributed by atoms with Crippen LogP contribution in [0.4, 0.5) is 0 Å². The van der Waals surface area contributed by atoms with Gasteiger partial charge >= 0.3 is 5.69 Å². The lowest BCUT2D eigenvalue weighted by Gasteiger charge is -2.22. The molecule has 3 rings (SSSR count). The second kappa shape index (κ2) is 9.41. The van der Waals surface area contributed by atoms with Crippen LogP contribution in [-0.4, -0.2) is 25.9 Å². The summed E-state index contributed by atoms with van der Waals surface area (Å²) < 4.78 is 1.57. The minimum Gasteiger partial charge on any atom is -0.344 e. The number of nitrogens with one attached hydrogen (secondary N) is 2. The Hall–Kier alpha value is -2.80. The highest BCUT2D eigenvalue weighted by Crippen LogP contribution is 2.25. The minimum absolute atomic E-state index is 0.110. The number of carbonyl (C=O) groups is 1. The van der Waals surface area contributed by atoms with Crippen LogP contribution in [0, 0.1) is 0 Å². The first kappa shape index (κ1) is 19.9. The van der Waals surface area contributed by atoms with Crippen LogP contribution < -0.4 is 11.0 Å². The van der Waals surface area contributed by atoms with Gasteiger partial charge in [-0.25, -0.2) is 9.89 Å². The van der Waals surface area contributed by atoms with E-state index in [-0.39, 0.29) is 17.6 Å². The molecule has 7 heteroatoms. The third kappa shape index (κ3) is 4.72. The predicted molar refractivity (Wildman–Crippen MR) is 111 cm³/mol. The summed E-state index contributed by atoms with van der Waals surface area (Å²) in [6, 6.07) is 19.5. The summed E-state index contributed by atoms with van der Waals surface area (Å²) in [6.45, 7) is 4.39. The number of nitrogens with zero attached hydrogens (tertiary/aromatic N) is 2. The fourth-order valence-corrected chi connectivity index (χ4v) is 3.83. The molecule has 0 aliphatic heterocycles. The standard InChI is InChI=1S/C21H24N4O2S/c1-3-14-25-20(27)23-24-21(25)28-15(2)19(26)22-18(16-10-6-4-7-11-16)17-12-8-5-9-13-17/h4-13,15,18H,3,14H2,1-2H3,(H,22,26)(H,23,27). The van der Waals surface area contributed by atoms with E-state index in [4.69, 9.17) is 0 Å². The van der Waals surface area contributed by atoms with Crippen molar-refractivity contribution in [1.82, 2.24) is 20.1 Å². The monoisotopic (exact) mass is 396 g/mol. The van der Waals surface area contributed by atoms with Gasteiger partial charge in [0.05, 0.1) is 11.3 Å². The Kier molecular flexibility index (Phi) is 6.71. The van der Waals surface area contributed by atoms with Gasteiger partial charge in [-0.1, -0.05) is 79.3 Å². The third-order valence-electron chi connectivity index (χ3n) is 4.37. The van der Waals surface area contributed by atoms with Crippen LogP contribution in [0.25, 0.3) is 0 Å². The Labute approximate surface area is 168 Å². The van der Waals surface area contributed by atoms with Crippen molar-refractivity contribution in [3.63, 3.8) is 0 Å². The van der Waals surface area contributed by atoms with E-state index in [0.717, 1.165) is 17.5 Å². The molecule has 1 unspecified atom stereocenters. The first-order chi connectivity index (χ1) is 13.6. The highest BCUT2D eigenvalue weighted by Gasteiger charge is 2.23. The van der Waals surface area contributed by atoms with Gasteiger partial charge in [-0.05, 0) is 24.5 Å². The Balaban J connectivity index is 1.78. The first-order valence-corrected chi connectivity index (χ1v) is 10.2. The summed E-state index contributed by atoms with van der Waals surface area (Å²) in [4.78, 5) is 24.8. The average molecular weight is 397 g/mol. The Morgan fingerprint density at radius 1 is 1.11 bits per heavy atom. The largest absolute Gasteiger partial charge is 0.344 e. The lowest BCUT2D eigenvalue weighted by atomic mass is 9.98. The van der Waals surface area contributed by atoms with E-state index in [9.17, 15) is 9.59 Å². The van der Waals surface area contributed by atoms with E-state index < -0.39 is 5.25 Å². The number of aromatic nitrogens is 3. The van der Waals surface area contributed by atoms with E-state index in [0.29, 0.717) is 11.7 Å². The van der Waals surface area contributed by atoms with Crippen molar-refractivity contribution in [2.24, 2.45) is 0 Å². The lowest BCUT2D eigenvalue weighted by molar-refractivity contribution is -0.120. The maximum atomic E-state index is 12.9. The number of H-pyrrole nitrogens is 1. The molecule has 1 heterocycles. The molecule has 1 atom stereocenters. The molecular formula is C21H24N4O2S. The zero-order chi connectivity index (χ0) is 19.9. The van der Waals surface area contributed by atoms with Crippen molar-refractivity contribution < 1.29 is 4.79 Å². The number of aromatic amines is 1. The van der Waals surface area contributed by atoms with Crippen molar-refractivity contribution in [2.75, 3.05) is 0 Å². The number of rotatable bonds is 8. The Morgan fingerprint density at radius 2 is 1.68 bits per heavy atom. The summed E-state index contributed by atoms with van der Waals surface area (Å²) in [6.07, 6.45) is 0.817. The van der Waals surface area contributed by atoms with E-state index in [1.165, 1.54) is 11.8 Å². The summed E-state index contributed by atoms with van der Waals surface area (Å²) in [5.74, 6) is -0.110. The quantitative estimate of drug-likeness (QED) is 0.572. The molecule has 1 aromatic heterocycles. The van der Waals surface area contributed by atoms with Gasteiger partial charge < -0.3 is 5.32 Å². The molecule has 0 bridgehead atoms. The smallest absolute Gasteiger partial charge is 0.343 e. The van der Waals surface area contributed by atoms with Crippen LogP contribution in [0.5, 0.6) is 0 Å². The summed E-state index contributed by atoms with van der Waals surface area (Å²) >= 11 is 1.28. The number of carbonyl (C=O) groups excluding carboxylic acids is 1. The maximum Gasteiger partial charge on any atom is 0.343 e. The minimum atomic E-state index is -0.402. The molecule has 28 heavy (non-hydrogen) atoms. The lowest BCUT2D eigenvalue weighted by Crippen LogP contribution is -2.35. The van der Waals surface area contributed by atoms with Crippen LogP contribution in [-0.2, 0) is 11.3 Å². The third-order valence-corrected chi connectivity index (χ3v) is 5.46. The molecule has 3 aromatic rings. The van der Waals surface area contributed by atoms with Crippen molar-refractivity contribution in [3.05, 3.63) is 82.3 Å². The van der Waals surface area contributed by atoms with E-state index in [1.807, 2.05) is 74.5 Å². The number of hydrogen-bond donors (Lipinski definition) is 2. The molecule has 2 N–H and O–H groups in total. The van der Waals surface area contributed by atoms with Gasteiger partial charge in [0.2, 0.25) is 5.91 Å². The molecule has 0 saturated carbocycles. The van der Waals surface area contributed by atoms with Crippen LogP contribution in [0.15, 0.2) is 70.6 Å². The summed E-state index contributed by atoms with van der Waals surface area (Å²) in [5.41, 5.74) is 1.78. The van der Waals surface area contributed by atoms with Crippen LogP contribution in [0.2, 0.25) is 0 Å². The molecule has 2 aromatic carbocycles. The van der Waals surface area contributed by atoms with Crippen LogP contribution >= 0.6 is 11.8 Å². The van der Waals surface area contributed by atoms with E-state index in [1.54, 1.807) is 4.57 Å². The number of thioether (sulfide) groups is 1. The van der Waals surface area contributed by atoms with Gasteiger partial charge in [-0.3, -0.25) is 9.36 Å². The second-order valence-electron chi connectivity index (χ2n) is 6.49. The van der Waals surface area contributed by atoms with Crippen LogP contribution in [0.1, 0.15) is 37.4 Å². The number of benzene rings is 2. The van der Waals surface area contributed by atoms with Gasteiger partial charge in [-0.15, -0.1) is 5.10 Å². The second-order valence-corrected chi connectivity index (χ2v) is 7.79. The number of hydrogen-bond acceptors (Lipinski definition) is 4. The first-order valence-electron chi connectivity index (χ1n) is 9.32. The van der Waals surface area contributed by atoms with Crippen LogP contribution in [0.3, 0.4) is 0 Å². The molecule has 0 fully saturated rings. The van der Waals surface area contributed by atoms with Crippen molar-refractivity contribution in [1.29, 1.82) is 0 Å². The topological polar surface area (TPSA) is 79.8 Å². The number of amides is 1. The Bertz CT molecular complexity index is 914. The van der Waals surface area contributed by atoms with E-state index in [2.05, 4.69) is 15.5 Å². The maximum absolute atomic E-state index is 12.9. The fourth-order valence-electron chi connectivity index (χ4n) is 2.94. The van der Waals surface area contributed by atoms with Gasteiger partial charge in [-0.2, -0.15) is 0 Å². The highest BCUT2D eigenvalue weighted by atomic mass is 32.2. The van der Waals surface area contributed by atoms with Crippen molar-refractivity contribution >= 4 is 17.7 Å². The highest BCUT2D eigenvalue weighted by molar-refractivity contribution is 8.00. The molecule has 0 aliphatic rings. The zero-order valence-corrected chi connectivity index (χ0v) is 16.8. The molecule has 1 amide bonds. The molecular weight excluding hydrogens is 372 g/mol. The van der Waals surface area contributed by atoms with Crippen molar-refractivity contribution in [3.8, 4) is 0 Å². The molecule has 0 spiro atoms. The molecule has 146 valence electrons. The average Bonchev–Trinajstić information content (AvgIpc) is 3.07. The fraction of sp³-hybridized carbons (Fsp3) is 0.286. The SMILES string of the molecule is CCCn1c(SC(C)C(=O)NC(c2ccccc2)c2ccccc2)n[nH]c1=O. The van der Waals surface area contributed by atoms with Gasteiger partial charge in [0.1, 0.15) is 0 Å². The van der Waals surface area contributed by atoms with Gasteiger partial charge in [0.25, 0.3) is 0 Å². The summed E-state index contributed by atoms with van der Waals surface area (Å²) in [5, 5.41) is 9.80. The normalized spacial score (nSPS) is 12.1. The molecule has 0 aliphatic carbocycles. The van der Waals surface area contributed by atoms with Crippen molar-refractivity contribution in [2.45, 2.75) is 43.3 Å². The Morgan fingerprint density at radius 3 is 2.21 bits per heavy atom. The van der Waals surface area contributed by atoms with E-state index >= 15 is 0 Å². The zero-order valence-electron chi connectivity index (χ0n) is 16.0. The molecule has 0 saturated heterocycles. The van der Waals surface area contributed by atoms with Gasteiger partial charge in [0, 0.05) is 6.54 Å². The molecule has 6 nitrogen and oxygen atoms in total. The predicted octanol–water partition coefficient (Wildman–Crippen LogP) is 3.37. The summed E-state index contributed by atoms with van der Waals surface area (Å²) in [7, 11) is 0. The molecule has 0 radical (unpaired) electrons. The van der Waals surface area contributed by atoms with Gasteiger partial charge in [0.15, 0.2) is 5.16 Å².